The van der Waals surface area contributed by atoms with E-state index in [1.807, 2.05) is 18.2 Å². The highest BCUT2D eigenvalue weighted by Crippen LogP contribution is 2.34. The van der Waals surface area contributed by atoms with Crippen LogP contribution in [-0.4, -0.2) is 108 Å². The zero-order valence-electron chi connectivity index (χ0n) is 24.8. The summed E-state index contributed by atoms with van der Waals surface area (Å²) in [6, 6.07) is 3.74. The predicted molar refractivity (Wildman–Crippen MR) is 169 cm³/mol. The second kappa shape index (κ2) is 23.1. The van der Waals surface area contributed by atoms with Gasteiger partial charge in [0.25, 0.3) is 0 Å². The van der Waals surface area contributed by atoms with Gasteiger partial charge in [-0.25, -0.2) is 9.98 Å². The van der Waals surface area contributed by atoms with Crippen LogP contribution in [0.4, 0.5) is 5.00 Å². The molecule has 1 atom stereocenters. The van der Waals surface area contributed by atoms with E-state index < -0.39 is 6.23 Å². The Morgan fingerprint density at radius 3 is 2.49 bits per heavy atom. The average molecular weight is 592 g/mol. The summed E-state index contributed by atoms with van der Waals surface area (Å²) < 4.78 is 5.10. The lowest BCUT2D eigenvalue weighted by Crippen LogP contribution is -2.32. The molecular weight excluding hydrogens is 542 g/mol. The topological polar surface area (TPSA) is 153 Å². The monoisotopic (exact) mass is 591 g/mol. The molecule has 12 heteroatoms. The number of ether oxygens (including phenoxy) is 1. The molecule has 0 radical (unpaired) electrons. The third-order valence-electron chi connectivity index (χ3n) is 5.80. The summed E-state index contributed by atoms with van der Waals surface area (Å²) in [4.78, 5) is 17.1. The van der Waals surface area contributed by atoms with Gasteiger partial charge in [0.2, 0.25) is 0 Å². The molecule has 230 valence electrons. The number of thiazole rings is 1. The van der Waals surface area contributed by atoms with Crippen molar-refractivity contribution in [3.8, 4) is 10.6 Å². The largest absolute Gasteiger partial charge is 0.397 e. The number of aliphatic imine (C=N–C) groups is 1. The van der Waals surface area contributed by atoms with Crippen molar-refractivity contribution >= 4 is 23.1 Å². The summed E-state index contributed by atoms with van der Waals surface area (Å²) >= 11 is 1.38. The van der Waals surface area contributed by atoms with Gasteiger partial charge < -0.3 is 40.9 Å². The minimum Gasteiger partial charge on any atom is -0.397 e. The molecule has 0 bridgehead atoms. The number of anilines is 1. The summed E-state index contributed by atoms with van der Waals surface area (Å²) in [7, 11) is 2.11. The Balaban J connectivity index is 0.000000709. The van der Waals surface area contributed by atoms with Gasteiger partial charge in [-0.15, -0.1) is 0 Å². The van der Waals surface area contributed by atoms with Gasteiger partial charge in [-0.05, 0) is 64.7 Å². The zero-order valence-corrected chi connectivity index (χ0v) is 25.6. The van der Waals surface area contributed by atoms with Crippen LogP contribution >= 0.6 is 11.3 Å². The van der Waals surface area contributed by atoms with Crippen molar-refractivity contribution in [3.63, 3.8) is 0 Å². The number of nitrogens with zero attached hydrogens (tertiary/aromatic N) is 5. The summed E-state index contributed by atoms with van der Waals surface area (Å²) in [5.74, 6) is 0.594. The predicted octanol–water partition coefficient (Wildman–Crippen LogP) is 3.10. The van der Waals surface area contributed by atoms with E-state index >= 15 is 0 Å². The van der Waals surface area contributed by atoms with Gasteiger partial charge in [0.15, 0.2) is 0 Å². The lowest BCUT2D eigenvalue weighted by Gasteiger charge is -2.21. The normalized spacial score (nSPS) is 14.7. The highest BCUT2D eigenvalue weighted by atomic mass is 32.1. The number of morpholine rings is 1. The molecule has 0 aromatic carbocycles. The number of hydrogen-bond acceptors (Lipinski definition) is 12. The van der Waals surface area contributed by atoms with Crippen LogP contribution in [0.3, 0.4) is 0 Å². The Bertz CT molecular complexity index is 996. The molecule has 0 saturated carbocycles. The maximum atomic E-state index is 9.91. The molecule has 1 aliphatic rings. The Morgan fingerprint density at radius 2 is 1.95 bits per heavy atom. The second-order valence-corrected chi connectivity index (χ2v) is 10.0. The van der Waals surface area contributed by atoms with Gasteiger partial charge in [0.05, 0.1) is 19.8 Å². The number of nitrogens with one attached hydrogen (secondary N) is 1. The molecule has 0 aliphatic carbocycles. The molecule has 1 unspecified atom stereocenters. The number of likely N-dealkylation sites (N-methyl/N-ethyl adjacent to an activating group) is 2. The van der Waals surface area contributed by atoms with E-state index in [4.69, 9.17) is 20.7 Å². The maximum Gasteiger partial charge on any atom is 0.148 e. The van der Waals surface area contributed by atoms with Crippen molar-refractivity contribution in [3.05, 3.63) is 54.3 Å². The highest BCUT2D eigenvalue weighted by Gasteiger charge is 2.17. The summed E-state index contributed by atoms with van der Waals surface area (Å²) in [6.07, 6.45) is 11.1. The van der Waals surface area contributed by atoms with Crippen molar-refractivity contribution < 1.29 is 20.1 Å². The summed E-state index contributed by atoms with van der Waals surface area (Å²) in [6.45, 7) is 14.5. The second-order valence-electron chi connectivity index (χ2n) is 9.02. The molecule has 1 saturated heterocycles. The smallest absolute Gasteiger partial charge is 0.148 e. The van der Waals surface area contributed by atoms with Crippen molar-refractivity contribution in [2.45, 2.75) is 39.3 Å². The Morgan fingerprint density at radius 1 is 1.24 bits per heavy atom. The fourth-order valence-corrected chi connectivity index (χ4v) is 4.54. The number of nitrogens with two attached hydrogens (primary N) is 1. The molecule has 2 aromatic rings. The van der Waals surface area contributed by atoms with Crippen molar-refractivity contribution in [2.75, 3.05) is 71.5 Å². The maximum absolute atomic E-state index is 9.91. The van der Waals surface area contributed by atoms with E-state index in [1.54, 1.807) is 19.3 Å². The van der Waals surface area contributed by atoms with Gasteiger partial charge >= 0.3 is 0 Å². The van der Waals surface area contributed by atoms with Crippen molar-refractivity contribution in [2.24, 2.45) is 10.7 Å². The van der Waals surface area contributed by atoms with Gasteiger partial charge in [-0.3, -0.25) is 4.98 Å². The van der Waals surface area contributed by atoms with Crippen LogP contribution in [0, 0.1) is 0 Å². The highest BCUT2D eigenvalue weighted by molar-refractivity contribution is 7.19. The number of hydrogen-bond donors (Lipinski definition) is 5. The summed E-state index contributed by atoms with van der Waals surface area (Å²) in [5.41, 5.74) is 6.91. The third-order valence-corrected chi connectivity index (χ3v) is 6.84. The Hall–Kier alpha value is -2.55. The van der Waals surface area contributed by atoms with E-state index in [-0.39, 0.29) is 13.2 Å². The van der Waals surface area contributed by atoms with Crippen LogP contribution in [-0.2, 0) is 4.74 Å². The molecule has 3 heterocycles. The van der Waals surface area contributed by atoms with Crippen LogP contribution in [0.15, 0.2) is 53.6 Å². The molecule has 11 nitrogen and oxygen atoms in total. The molecule has 6 N–H and O–H groups in total. The van der Waals surface area contributed by atoms with Gasteiger partial charge in [-0.1, -0.05) is 30.4 Å². The van der Waals surface area contributed by atoms with Crippen LogP contribution < -0.4 is 11.1 Å². The molecule has 41 heavy (non-hydrogen) atoms. The van der Waals surface area contributed by atoms with E-state index in [2.05, 4.69) is 62.9 Å². The number of aromatic nitrogens is 2. The number of unbranched alkanes of at least 4 members (excludes halogenated alkanes) is 1. The molecule has 1 aliphatic heterocycles. The SMILES string of the molecule is C=N/C(=C\CC/C=C\CCN(CC)CCO)Nc1sc(-c2cccnc2)nc1C(N)O.CCO.CN1CCOCC1. The first-order chi connectivity index (χ1) is 19.9. The minimum absolute atomic E-state index is 0.194. The van der Waals surface area contributed by atoms with Crippen LogP contribution in [0.2, 0.25) is 0 Å². The number of aliphatic hydroxyl groups is 3. The number of aliphatic hydroxyl groups excluding tert-OH is 3. The zero-order chi connectivity index (χ0) is 30.3. The quantitative estimate of drug-likeness (QED) is 0.0959. The van der Waals surface area contributed by atoms with E-state index in [1.165, 1.54) is 11.3 Å². The van der Waals surface area contributed by atoms with Gasteiger partial charge in [0.1, 0.15) is 27.8 Å². The molecule has 0 spiro atoms. The lowest BCUT2D eigenvalue weighted by atomic mass is 10.2. The first-order valence-corrected chi connectivity index (χ1v) is 14.9. The Kier molecular flexibility index (Phi) is 20.5. The lowest BCUT2D eigenvalue weighted by molar-refractivity contribution is 0.0503. The fourth-order valence-electron chi connectivity index (χ4n) is 3.54. The fraction of sp³-hybridized carbons (Fsp3) is 0.552. The molecular formula is C29H49N7O4S. The molecule has 3 rings (SSSR count). The average Bonchev–Trinajstić information content (AvgIpc) is 3.41. The van der Waals surface area contributed by atoms with Gasteiger partial charge in [-0.2, -0.15) is 0 Å². The standard InChI is InChI=1S/C22H32N6O2S.C5H11NO.C2H6O/c1-3-28(14-15-29)13-8-6-4-5-7-11-18(24-2)26-22-19(20(23)30)27-21(31-22)17-10-9-12-25-16-17;1-6-2-4-7-5-3-6;1-2-3/h4,6,9-12,16,20,26,29-30H,2-3,5,7-8,13-15,23H2,1H3;2-5H2,1H3;3H,2H2,1H3/b6-4-,18-11+;;. The molecule has 2 aromatic heterocycles. The first-order valence-electron chi connectivity index (χ1n) is 14.0. The first kappa shape index (κ1) is 36.5. The van der Waals surface area contributed by atoms with E-state index in [0.717, 1.165) is 64.2 Å². The van der Waals surface area contributed by atoms with Crippen molar-refractivity contribution in [1.82, 2.24) is 19.8 Å². The van der Waals surface area contributed by atoms with Crippen LogP contribution in [0.1, 0.15) is 45.0 Å². The van der Waals surface area contributed by atoms with E-state index in [0.29, 0.717) is 28.1 Å². The van der Waals surface area contributed by atoms with E-state index in [9.17, 15) is 5.11 Å². The number of rotatable bonds is 14. The number of allylic oxidation sites excluding steroid dienone is 2. The molecule has 0 amide bonds. The Labute approximate surface area is 249 Å². The van der Waals surface area contributed by atoms with Crippen molar-refractivity contribution in [1.29, 1.82) is 0 Å². The summed E-state index contributed by atoms with van der Waals surface area (Å²) in [5, 5.41) is 31.0. The third kappa shape index (κ3) is 15.9. The number of pyridine rings is 1. The van der Waals surface area contributed by atoms with Crippen LogP contribution in [0.5, 0.6) is 0 Å². The molecule has 1 fully saturated rings. The minimum atomic E-state index is -1.20. The van der Waals surface area contributed by atoms with Crippen LogP contribution in [0.25, 0.3) is 10.6 Å². The van der Waals surface area contributed by atoms with Gasteiger partial charge in [0, 0.05) is 50.7 Å².